The van der Waals surface area contributed by atoms with Gasteiger partial charge in [0.2, 0.25) is 5.89 Å². The summed E-state index contributed by atoms with van der Waals surface area (Å²) in [6.07, 6.45) is 0. The molecule has 4 aromatic rings. The van der Waals surface area contributed by atoms with Crippen LogP contribution in [-0.2, 0) is 0 Å². The Labute approximate surface area is 144 Å². The molecule has 3 N–H and O–H groups in total. The summed E-state index contributed by atoms with van der Waals surface area (Å²) in [4.78, 5) is 4.57. The SMILES string of the molecule is COc1ccc(-c2nc3cc(-c4ccc(O)cc4)ccc3o2)cc1N. The van der Waals surface area contributed by atoms with Crippen LogP contribution < -0.4 is 10.5 Å². The summed E-state index contributed by atoms with van der Waals surface area (Å²) in [5, 5.41) is 9.42. The third-order valence-corrected chi connectivity index (χ3v) is 4.06. The molecule has 5 nitrogen and oxygen atoms in total. The van der Waals surface area contributed by atoms with Crippen LogP contribution in [0.5, 0.6) is 11.5 Å². The first-order chi connectivity index (χ1) is 12.1. The number of phenols is 1. The van der Waals surface area contributed by atoms with Crippen LogP contribution in [0.3, 0.4) is 0 Å². The summed E-state index contributed by atoms with van der Waals surface area (Å²) in [6.45, 7) is 0. The van der Waals surface area contributed by atoms with E-state index in [9.17, 15) is 5.11 Å². The highest BCUT2D eigenvalue weighted by molar-refractivity contribution is 5.83. The highest BCUT2D eigenvalue weighted by atomic mass is 16.5. The minimum atomic E-state index is 0.241. The molecule has 0 aliphatic rings. The number of hydrogen-bond acceptors (Lipinski definition) is 5. The summed E-state index contributed by atoms with van der Waals surface area (Å²) < 4.78 is 11.0. The fraction of sp³-hybridized carbons (Fsp3) is 0.0500. The summed E-state index contributed by atoms with van der Waals surface area (Å²) in [6, 6.07) is 18.3. The van der Waals surface area contributed by atoms with E-state index in [-0.39, 0.29) is 5.75 Å². The van der Waals surface area contributed by atoms with Crippen LogP contribution in [-0.4, -0.2) is 17.2 Å². The maximum atomic E-state index is 9.42. The van der Waals surface area contributed by atoms with Crippen LogP contribution in [0.2, 0.25) is 0 Å². The predicted molar refractivity (Wildman–Crippen MR) is 97.5 cm³/mol. The fourth-order valence-corrected chi connectivity index (χ4v) is 2.75. The number of nitrogen functional groups attached to an aromatic ring is 1. The molecule has 0 atom stereocenters. The fourth-order valence-electron chi connectivity index (χ4n) is 2.75. The van der Waals surface area contributed by atoms with E-state index in [1.165, 1.54) is 0 Å². The summed E-state index contributed by atoms with van der Waals surface area (Å²) in [5.41, 5.74) is 10.7. The second-order valence-electron chi connectivity index (χ2n) is 5.71. The average molecular weight is 332 g/mol. The van der Waals surface area contributed by atoms with Crippen LogP contribution in [0.25, 0.3) is 33.7 Å². The van der Waals surface area contributed by atoms with Crippen LogP contribution in [0, 0.1) is 0 Å². The van der Waals surface area contributed by atoms with Crippen molar-refractivity contribution in [2.24, 2.45) is 0 Å². The van der Waals surface area contributed by atoms with Crippen molar-refractivity contribution >= 4 is 16.8 Å². The number of anilines is 1. The molecule has 0 bridgehead atoms. The van der Waals surface area contributed by atoms with Gasteiger partial charge in [-0.05, 0) is 53.6 Å². The quantitative estimate of drug-likeness (QED) is 0.541. The van der Waals surface area contributed by atoms with Crippen molar-refractivity contribution in [1.29, 1.82) is 0 Å². The summed E-state index contributed by atoms with van der Waals surface area (Å²) in [5.74, 6) is 1.37. The van der Waals surface area contributed by atoms with Gasteiger partial charge in [0.1, 0.15) is 17.0 Å². The van der Waals surface area contributed by atoms with Gasteiger partial charge >= 0.3 is 0 Å². The zero-order valence-corrected chi connectivity index (χ0v) is 13.6. The molecule has 5 heteroatoms. The number of nitrogens with two attached hydrogens (primary N) is 1. The molecular weight excluding hydrogens is 316 g/mol. The van der Waals surface area contributed by atoms with E-state index < -0.39 is 0 Å². The molecule has 0 aliphatic carbocycles. The van der Waals surface area contributed by atoms with Crippen molar-refractivity contribution in [3.05, 3.63) is 60.7 Å². The van der Waals surface area contributed by atoms with Crippen LogP contribution in [0.1, 0.15) is 0 Å². The van der Waals surface area contributed by atoms with Gasteiger partial charge in [-0.3, -0.25) is 0 Å². The Bertz CT molecular complexity index is 1050. The Kier molecular flexibility index (Phi) is 3.54. The van der Waals surface area contributed by atoms with Gasteiger partial charge in [-0.15, -0.1) is 0 Å². The number of benzene rings is 3. The van der Waals surface area contributed by atoms with Crippen molar-refractivity contribution in [3.63, 3.8) is 0 Å². The first kappa shape index (κ1) is 15.1. The van der Waals surface area contributed by atoms with Gasteiger partial charge in [0.05, 0.1) is 12.8 Å². The van der Waals surface area contributed by atoms with Crippen molar-refractivity contribution in [3.8, 4) is 34.1 Å². The molecule has 4 rings (SSSR count). The Morgan fingerprint density at radius 2 is 1.64 bits per heavy atom. The Hall–Kier alpha value is -3.47. The lowest BCUT2D eigenvalue weighted by atomic mass is 10.1. The molecule has 0 radical (unpaired) electrons. The van der Waals surface area contributed by atoms with E-state index in [4.69, 9.17) is 14.9 Å². The van der Waals surface area contributed by atoms with Crippen molar-refractivity contribution in [2.45, 2.75) is 0 Å². The molecule has 124 valence electrons. The maximum absolute atomic E-state index is 9.42. The second-order valence-corrected chi connectivity index (χ2v) is 5.71. The molecule has 1 aromatic heterocycles. The standard InChI is InChI=1S/C20H16N2O3/c1-24-18-8-5-14(10-16(18)21)20-22-17-11-13(4-9-19(17)25-20)12-2-6-15(23)7-3-12/h2-11,23H,21H2,1H3. The molecule has 0 saturated heterocycles. The molecule has 0 unspecified atom stereocenters. The van der Waals surface area contributed by atoms with Gasteiger partial charge in [0.25, 0.3) is 0 Å². The van der Waals surface area contributed by atoms with Crippen LogP contribution in [0.4, 0.5) is 5.69 Å². The number of ether oxygens (including phenoxy) is 1. The number of methoxy groups -OCH3 is 1. The molecular formula is C20H16N2O3. The maximum Gasteiger partial charge on any atom is 0.227 e. The Morgan fingerprint density at radius 1 is 0.920 bits per heavy atom. The zero-order valence-electron chi connectivity index (χ0n) is 13.6. The molecule has 0 aliphatic heterocycles. The highest BCUT2D eigenvalue weighted by Crippen LogP contribution is 2.32. The van der Waals surface area contributed by atoms with Crippen molar-refractivity contribution in [1.82, 2.24) is 4.98 Å². The lowest BCUT2D eigenvalue weighted by Gasteiger charge is -2.04. The number of phenolic OH excluding ortho intramolecular Hbond substituents is 1. The van der Waals surface area contributed by atoms with Gasteiger partial charge in [0.15, 0.2) is 5.58 Å². The van der Waals surface area contributed by atoms with Crippen LogP contribution >= 0.6 is 0 Å². The van der Waals surface area contributed by atoms with Crippen LogP contribution in [0.15, 0.2) is 65.1 Å². The lowest BCUT2D eigenvalue weighted by Crippen LogP contribution is -1.92. The minimum absolute atomic E-state index is 0.241. The van der Waals surface area contributed by atoms with Gasteiger partial charge in [-0.1, -0.05) is 18.2 Å². The predicted octanol–water partition coefficient (Wildman–Crippen LogP) is 4.46. The first-order valence-electron chi connectivity index (χ1n) is 7.78. The van der Waals surface area contributed by atoms with E-state index in [0.29, 0.717) is 22.9 Å². The van der Waals surface area contributed by atoms with E-state index in [1.54, 1.807) is 31.4 Å². The van der Waals surface area contributed by atoms with Gasteiger partial charge < -0.3 is 20.0 Å². The molecule has 0 saturated carbocycles. The number of aromatic hydroxyl groups is 1. The summed E-state index contributed by atoms with van der Waals surface area (Å²) >= 11 is 0. The van der Waals surface area contributed by atoms with Crippen molar-refractivity contribution < 1.29 is 14.3 Å². The smallest absolute Gasteiger partial charge is 0.227 e. The monoisotopic (exact) mass is 332 g/mol. The largest absolute Gasteiger partial charge is 0.508 e. The molecule has 3 aromatic carbocycles. The first-order valence-corrected chi connectivity index (χ1v) is 7.78. The van der Waals surface area contributed by atoms with E-state index in [0.717, 1.165) is 22.2 Å². The highest BCUT2D eigenvalue weighted by Gasteiger charge is 2.11. The minimum Gasteiger partial charge on any atom is -0.508 e. The van der Waals surface area contributed by atoms with Gasteiger partial charge in [-0.25, -0.2) is 4.98 Å². The van der Waals surface area contributed by atoms with E-state index >= 15 is 0 Å². The normalized spacial score (nSPS) is 10.9. The molecule has 0 spiro atoms. The number of oxazole rings is 1. The molecule has 0 fully saturated rings. The number of aromatic nitrogens is 1. The molecule has 1 heterocycles. The summed E-state index contributed by atoms with van der Waals surface area (Å²) in [7, 11) is 1.58. The third-order valence-electron chi connectivity index (χ3n) is 4.06. The molecule has 25 heavy (non-hydrogen) atoms. The Balaban J connectivity index is 1.75. The topological polar surface area (TPSA) is 81.5 Å². The van der Waals surface area contributed by atoms with E-state index in [2.05, 4.69) is 4.98 Å². The zero-order chi connectivity index (χ0) is 17.4. The number of rotatable bonds is 3. The van der Waals surface area contributed by atoms with E-state index in [1.807, 2.05) is 36.4 Å². The second kappa shape index (κ2) is 5.87. The average Bonchev–Trinajstić information content (AvgIpc) is 3.05. The number of nitrogens with zero attached hydrogens (tertiary/aromatic N) is 1. The van der Waals surface area contributed by atoms with Gasteiger partial charge in [0, 0.05) is 5.56 Å². The van der Waals surface area contributed by atoms with Crippen molar-refractivity contribution in [2.75, 3.05) is 12.8 Å². The Morgan fingerprint density at radius 3 is 2.36 bits per heavy atom. The van der Waals surface area contributed by atoms with Gasteiger partial charge in [-0.2, -0.15) is 0 Å². The number of hydrogen-bond donors (Lipinski definition) is 2. The molecule has 0 amide bonds. The number of fused-ring (bicyclic) bond motifs is 1. The third kappa shape index (κ3) is 2.76. The lowest BCUT2D eigenvalue weighted by molar-refractivity contribution is 0.417.